The molecule has 19 heavy (non-hydrogen) atoms. The van der Waals surface area contributed by atoms with Crippen LogP contribution in [0.25, 0.3) is 0 Å². The highest BCUT2D eigenvalue weighted by molar-refractivity contribution is 9.10. The number of aromatic nitrogens is 2. The summed E-state index contributed by atoms with van der Waals surface area (Å²) in [6.45, 7) is 2.78. The van der Waals surface area contributed by atoms with Crippen LogP contribution < -0.4 is 10.6 Å². The minimum atomic E-state index is -0.292. The van der Waals surface area contributed by atoms with E-state index in [4.69, 9.17) is 0 Å². The molecule has 0 spiro atoms. The van der Waals surface area contributed by atoms with Gasteiger partial charge in [-0.15, -0.1) is 0 Å². The Hall–Kier alpha value is -1.95. The summed E-state index contributed by atoms with van der Waals surface area (Å²) < 4.78 is 0.728. The molecule has 0 saturated carbocycles. The first kappa shape index (κ1) is 13.5. The van der Waals surface area contributed by atoms with Crippen LogP contribution in [0.2, 0.25) is 0 Å². The first-order valence-electron chi connectivity index (χ1n) is 5.82. The summed E-state index contributed by atoms with van der Waals surface area (Å²) in [4.78, 5) is 20.2. The summed E-state index contributed by atoms with van der Waals surface area (Å²) in [7, 11) is 0. The first-order chi connectivity index (χ1) is 9.20. The average molecular weight is 321 g/mol. The molecule has 0 saturated heterocycles. The maximum atomic E-state index is 12.1. The Morgan fingerprint density at radius 1 is 1.32 bits per heavy atom. The normalized spacial score (nSPS) is 10.0. The van der Waals surface area contributed by atoms with Gasteiger partial charge in [-0.3, -0.25) is 9.78 Å². The molecule has 1 amide bonds. The van der Waals surface area contributed by atoms with Crippen LogP contribution in [-0.2, 0) is 0 Å². The van der Waals surface area contributed by atoms with Gasteiger partial charge in [0.05, 0.1) is 4.47 Å². The van der Waals surface area contributed by atoms with E-state index in [0.717, 1.165) is 16.7 Å². The molecular weight excluding hydrogens is 308 g/mol. The predicted octanol–water partition coefficient (Wildman–Crippen LogP) is 2.92. The lowest BCUT2D eigenvalue weighted by Crippen LogP contribution is -2.15. The van der Waals surface area contributed by atoms with Gasteiger partial charge in [0.15, 0.2) is 0 Å². The van der Waals surface area contributed by atoms with E-state index in [9.17, 15) is 4.79 Å². The summed E-state index contributed by atoms with van der Waals surface area (Å²) in [5.74, 6) is 0.183. The molecule has 2 aromatic heterocycles. The monoisotopic (exact) mass is 320 g/mol. The lowest BCUT2D eigenvalue weighted by atomic mass is 10.3. The third kappa shape index (κ3) is 3.51. The summed E-state index contributed by atoms with van der Waals surface area (Å²) in [5.41, 5.74) is 1.21. The minimum absolute atomic E-state index is 0.292. The molecule has 98 valence electrons. The van der Waals surface area contributed by atoms with Gasteiger partial charge < -0.3 is 10.6 Å². The van der Waals surface area contributed by atoms with Gasteiger partial charge in [-0.2, -0.15) is 0 Å². The van der Waals surface area contributed by atoms with Crippen LogP contribution in [-0.4, -0.2) is 22.4 Å². The average Bonchev–Trinajstić information content (AvgIpc) is 2.42. The molecule has 5 nitrogen and oxygen atoms in total. The molecule has 0 atom stereocenters. The fourth-order valence-electron chi connectivity index (χ4n) is 1.52. The Labute approximate surface area is 119 Å². The highest BCUT2D eigenvalue weighted by atomic mass is 79.9. The quantitative estimate of drug-likeness (QED) is 0.909. The predicted molar refractivity (Wildman–Crippen MR) is 78.3 cm³/mol. The maximum Gasteiger partial charge on any atom is 0.275 e. The van der Waals surface area contributed by atoms with Crippen molar-refractivity contribution in [1.82, 2.24) is 9.97 Å². The molecule has 0 aliphatic rings. The zero-order valence-corrected chi connectivity index (χ0v) is 11.9. The van der Waals surface area contributed by atoms with Crippen LogP contribution in [0.5, 0.6) is 0 Å². The maximum absolute atomic E-state index is 12.1. The van der Waals surface area contributed by atoms with Crippen LogP contribution in [0, 0.1) is 0 Å². The van der Waals surface area contributed by atoms with Gasteiger partial charge >= 0.3 is 0 Å². The number of carbonyl (C=O) groups excluding carboxylic acids is 1. The van der Waals surface area contributed by atoms with Crippen LogP contribution in [0.1, 0.15) is 17.4 Å². The summed E-state index contributed by atoms with van der Waals surface area (Å²) in [6.07, 6.45) is 3.21. The van der Waals surface area contributed by atoms with Crippen molar-refractivity contribution in [2.75, 3.05) is 17.2 Å². The smallest absolute Gasteiger partial charge is 0.275 e. The fraction of sp³-hybridized carbons (Fsp3) is 0.154. The van der Waals surface area contributed by atoms with Crippen molar-refractivity contribution in [1.29, 1.82) is 0 Å². The molecule has 2 rings (SSSR count). The summed E-state index contributed by atoms with van der Waals surface area (Å²) >= 11 is 3.33. The largest absolute Gasteiger partial charge is 0.385 e. The Kier molecular flexibility index (Phi) is 4.46. The van der Waals surface area contributed by atoms with Gasteiger partial charge in [0.2, 0.25) is 0 Å². The Morgan fingerprint density at radius 3 is 2.89 bits per heavy atom. The van der Waals surface area contributed by atoms with Gasteiger partial charge in [-0.05, 0) is 47.1 Å². The molecule has 0 unspecified atom stereocenters. The summed E-state index contributed by atoms with van der Waals surface area (Å²) in [6, 6.07) is 7.11. The molecule has 0 bridgehead atoms. The number of anilines is 2. The number of halogens is 1. The van der Waals surface area contributed by atoms with E-state index in [-0.39, 0.29) is 5.91 Å². The van der Waals surface area contributed by atoms with Gasteiger partial charge in [-0.1, -0.05) is 0 Å². The number of carbonyl (C=O) groups is 1. The number of nitrogens with one attached hydrogen (secondary N) is 2. The third-order valence-electron chi connectivity index (χ3n) is 2.36. The van der Waals surface area contributed by atoms with Gasteiger partial charge in [-0.25, -0.2) is 4.98 Å². The number of hydrogen-bond donors (Lipinski definition) is 2. The van der Waals surface area contributed by atoms with Gasteiger partial charge in [0.25, 0.3) is 5.91 Å². The molecular formula is C13H13BrN4O. The van der Waals surface area contributed by atoms with Crippen molar-refractivity contribution in [2.45, 2.75) is 6.92 Å². The zero-order chi connectivity index (χ0) is 13.7. The van der Waals surface area contributed by atoms with E-state index >= 15 is 0 Å². The molecule has 0 aliphatic heterocycles. The number of nitrogens with zero attached hydrogens (tertiary/aromatic N) is 2. The Morgan fingerprint density at radius 2 is 2.16 bits per heavy atom. The Bertz CT molecular complexity index is 588. The standard InChI is InChI=1S/C13H13BrN4O/c1-2-15-9-5-7-16-11(8-9)13(19)18-12-10(14)4-3-6-17-12/h3-8H,2H2,1H3,(H,15,16)(H,17,18,19). The van der Waals surface area contributed by atoms with E-state index in [0.29, 0.717) is 11.5 Å². The van der Waals surface area contributed by atoms with Crippen LogP contribution in [0.3, 0.4) is 0 Å². The van der Waals surface area contributed by atoms with Crippen LogP contribution in [0.4, 0.5) is 11.5 Å². The van der Waals surface area contributed by atoms with Crippen molar-refractivity contribution in [3.05, 3.63) is 46.8 Å². The van der Waals surface area contributed by atoms with Crippen LogP contribution >= 0.6 is 15.9 Å². The number of pyridine rings is 2. The second-order valence-corrected chi connectivity index (χ2v) is 4.60. The molecule has 0 aromatic carbocycles. The van der Waals surface area contributed by atoms with Crippen molar-refractivity contribution in [2.24, 2.45) is 0 Å². The van der Waals surface area contributed by atoms with E-state index < -0.39 is 0 Å². The Balaban J connectivity index is 2.16. The lowest BCUT2D eigenvalue weighted by molar-refractivity contribution is 0.102. The zero-order valence-electron chi connectivity index (χ0n) is 10.4. The lowest BCUT2D eigenvalue weighted by Gasteiger charge is -2.07. The molecule has 0 aliphatic carbocycles. The third-order valence-corrected chi connectivity index (χ3v) is 3.00. The van der Waals surface area contributed by atoms with E-state index in [2.05, 4.69) is 36.5 Å². The van der Waals surface area contributed by atoms with Gasteiger partial charge in [0.1, 0.15) is 11.5 Å². The molecule has 6 heteroatoms. The molecule has 2 N–H and O–H groups in total. The second kappa shape index (κ2) is 6.29. The number of hydrogen-bond acceptors (Lipinski definition) is 4. The highest BCUT2D eigenvalue weighted by Gasteiger charge is 2.10. The van der Waals surface area contributed by atoms with E-state index in [1.165, 1.54) is 0 Å². The van der Waals surface area contributed by atoms with E-state index in [1.54, 1.807) is 24.5 Å². The van der Waals surface area contributed by atoms with E-state index in [1.807, 2.05) is 19.1 Å². The van der Waals surface area contributed by atoms with Crippen molar-refractivity contribution in [3.63, 3.8) is 0 Å². The first-order valence-corrected chi connectivity index (χ1v) is 6.62. The van der Waals surface area contributed by atoms with Crippen molar-refractivity contribution >= 4 is 33.3 Å². The number of amides is 1. The molecule has 0 fully saturated rings. The van der Waals surface area contributed by atoms with Crippen molar-refractivity contribution < 1.29 is 4.79 Å². The molecule has 0 radical (unpaired) electrons. The fourth-order valence-corrected chi connectivity index (χ4v) is 1.87. The van der Waals surface area contributed by atoms with Crippen LogP contribution in [0.15, 0.2) is 41.1 Å². The topological polar surface area (TPSA) is 66.9 Å². The molecule has 2 aromatic rings. The minimum Gasteiger partial charge on any atom is -0.385 e. The molecule has 2 heterocycles. The number of rotatable bonds is 4. The summed E-state index contributed by atoms with van der Waals surface area (Å²) in [5, 5.41) is 5.84. The second-order valence-electron chi connectivity index (χ2n) is 3.75. The van der Waals surface area contributed by atoms with Gasteiger partial charge in [0, 0.05) is 24.6 Å². The SMILES string of the molecule is CCNc1ccnc(C(=O)Nc2ncccc2Br)c1. The highest BCUT2D eigenvalue weighted by Crippen LogP contribution is 2.19. The van der Waals surface area contributed by atoms with Crippen molar-refractivity contribution in [3.8, 4) is 0 Å².